The largest absolute Gasteiger partial charge is 0.493 e. The van der Waals surface area contributed by atoms with Crippen LogP contribution >= 0.6 is 0 Å². The zero-order chi connectivity index (χ0) is 20.1. The number of fused-ring (bicyclic) bond motifs is 2. The fraction of sp³-hybridized carbons (Fsp3) is 0.174. The van der Waals surface area contributed by atoms with E-state index in [0.29, 0.717) is 17.2 Å². The maximum Gasteiger partial charge on any atom is 0.162 e. The standard InChI is InChI=1S/C21H18N2O3.C2H6/c1-24-20-11-17-18(12-21(20)25-2)23-8-7-19(17)26-16-6-4-13-3-5-15(22)9-14(13)10-16;1-2/h3-12H,22H2,1-2H3;1-2H3. The molecule has 4 aromatic rings. The van der Waals surface area contributed by atoms with Crippen LogP contribution in [0.1, 0.15) is 13.8 Å². The Labute approximate surface area is 164 Å². The van der Waals surface area contributed by atoms with E-state index in [1.807, 2.05) is 68.4 Å². The van der Waals surface area contributed by atoms with Crippen molar-refractivity contribution in [3.05, 3.63) is 60.8 Å². The third-order valence-electron chi connectivity index (χ3n) is 4.27. The highest BCUT2D eigenvalue weighted by Crippen LogP contribution is 2.37. The zero-order valence-electron chi connectivity index (χ0n) is 16.5. The van der Waals surface area contributed by atoms with Crippen LogP contribution in [-0.4, -0.2) is 19.2 Å². The Morgan fingerprint density at radius 1 is 0.750 bits per heavy atom. The minimum atomic E-state index is 0.629. The summed E-state index contributed by atoms with van der Waals surface area (Å²) in [6, 6.07) is 17.3. The van der Waals surface area contributed by atoms with Crippen molar-refractivity contribution < 1.29 is 14.2 Å². The van der Waals surface area contributed by atoms with Crippen molar-refractivity contribution in [3.8, 4) is 23.0 Å². The van der Waals surface area contributed by atoms with Gasteiger partial charge >= 0.3 is 0 Å². The molecule has 28 heavy (non-hydrogen) atoms. The Kier molecular flexibility index (Phi) is 5.84. The summed E-state index contributed by atoms with van der Waals surface area (Å²) in [5.74, 6) is 2.68. The van der Waals surface area contributed by atoms with Crippen molar-refractivity contribution in [2.45, 2.75) is 13.8 Å². The lowest BCUT2D eigenvalue weighted by molar-refractivity contribution is 0.355. The van der Waals surface area contributed by atoms with Gasteiger partial charge in [-0.25, -0.2) is 0 Å². The minimum Gasteiger partial charge on any atom is -0.493 e. The van der Waals surface area contributed by atoms with E-state index in [0.717, 1.165) is 33.1 Å². The topological polar surface area (TPSA) is 66.6 Å². The number of aromatic nitrogens is 1. The average molecular weight is 376 g/mol. The Bertz CT molecular complexity index is 1110. The van der Waals surface area contributed by atoms with Crippen LogP contribution in [0.15, 0.2) is 60.8 Å². The number of ether oxygens (including phenoxy) is 3. The fourth-order valence-electron chi connectivity index (χ4n) is 2.97. The molecule has 0 spiro atoms. The lowest BCUT2D eigenvalue weighted by Gasteiger charge is -2.12. The van der Waals surface area contributed by atoms with Crippen LogP contribution in [0.3, 0.4) is 0 Å². The van der Waals surface area contributed by atoms with E-state index in [1.54, 1.807) is 20.4 Å². The van der Waals surface area contributed by atoms with Crippen molar-refractivity contribution in [3.63, 3.8) is 0 Å². The SMILES string of the molecule is CC.COc1cc2nccc(Oc3ccc4ccc(N)cc4c3)c2cc1OC. The molecule has 1 heterocycles. The van der Waals surface area contributed by atoms with Crippen LogP contribution in [0.5, 0.6) is 23.0 Å². The van der Waals surface area contributed by atoms with Crippen molar-refractivity contribution >= 4 is 27.4 Å². The smallest absolute Gasteiger partial charge is 0.162 e. The van der Waals surface area contributed by atoms with Gasteiger partial charge in [0.2, 0.25) is 0 Å². The second-order valence-corrected chi connectivity index (χ2v) is 5.90. The van der Waals surface area contributed by atoms with Crippen LogP contribution in [0.4, 0.5) is 5.69 Å². The third-order valence-corrected chi connectivity index (χ3v) is 4.27. The summed E-state index contributed by atoms with van der Waals surface area (Å²) in [6.45, 7) is 4.00. The van der Waals surface area contributed by atoms with E-state index < -0.39 is 0 Å². The summed E-state index contributed by atoms with van der Waals surface area (Å²) in [6.07, 6.45) is 1.71. The predicted molar refractivity (Wildman–Crippen MR) is 115 cm³/mol. The van der Waals surface area contributed by atoms with E-state index in [-0.39, 0.29) is 0 Å². The number of benzene rings is 3. The Balaban J connectivity index is 0.00000109. The molecule has 0 saturated carbocycles. The molecule has 0 saturated heterocycles. The number of pyridine rings is 1. The predicted octanol–water partition coefficient (Wildman–Crippen LogP) is 5.81. The first kappa shape index (κ1) is 19.3. The number of anilines is 1. The number of rotatable bonds is 4. The van der Waals surface area contributed by atoms with Gasteiger partial charge in [-0.3, -0.25) is 4.98 Å². The van der Waals surface area contributed by atoms with Gasteiger partial charge in [-0.1, -0.05) is 26.0 Å². The van der Waals surface area contributed by atoms with Crippen molar-refractivity contribution in [2.75, 3.05) is 20.0 Å². The molecule has 0 radical (unpaired) electrons. The second-order valence-electron chi connectivity index (χ2n) is 5.90. The van der Waals surface area contributed by atoms with Crippen LogP contribution in [0.2, 0.25) is 0 Å². The second kappa shape index (κ2) is 8.48. The molecule has 0 amide bonds. The van der Waals surface area contributed by atoms with Crippen molar-refractivity contribution in [2.24, 2.45) is 0 Å². The third kappa shape index (κ3) is 3.78. The van der Waals surface area contributed by atoms with Gasteiger partial charge in [0.1, 0.15) is 11.5 Å². The van der Waals surface area contributed by atoms with E-state index >= 15 is 0 Å². The van der Waals surface area contributed by atoms with Crippen LogP contribution in [-0.2, 0) is 0 Å². The summed E-state index contributed by atoms with van der Waals surface area (Å²) in [7, 11) is 3.21. The molecule has 4 rings (SSSR count). The lowest BCUT2D eigenvalue weighted by Crippen LogP contribution is -1.93. The summed E-state index contributed by atoms with van der Waals surface area (Å²) >= 11 is 0. The highest BCUT2D eigenvalue weighted by Gasteiger charge is 2.11. The molecule has 0 aliphatic heterocycles. The number of nitrogen functional groups attached to an aromatic ring is 1. The first-order chi connectivity index (χ1) is 13.7. The van der Waals surface area contributed by atoms with Crippen LogP contribution < -0.4 is 19.9 Å². The van der Waals surface area contributed by atoms with Gasteiger partial charge in [-0.05, 0) is 47.2 Å². The normalized spacial score (nSPS) is 10.3. The molecule has 0 bridgehead atoms. The molecule has 5 heteroatoms. The molecular formula is C23H24N2O3. The van der Waals surface area contributed by atoms with E-state index in [2.05, 4.69) is 4.98 Å². The van der Waals surface area contributed by atoms with Gasteiger partial charge in [-0.15, -0.1) is 0 Å². The van der Waals surface area contributed by atoms with Crippen molar-refractivity contribution in [1.82, 2.24) is 4.98 Å². The van der Waals surface area contributed by atoms with Crippen LogP contribution in [0.25, 0.3) is 21.7 Å². The fourth-order valence-corrected chi connectivity index (χ4v) is 2.97. The Morgan fingerprint density at radius 2 is 1.46 bits per heavy atom. The zero-order valence-corrected chi connectivity index (χ0v) is 16.5. The molecule has 144 valence electrons. The summed E-state index contributed by atoms with van der Waals surface area (Å²) in [4.78, 5) is 4.40. The first-order valence-electron chi connectivity index (χ1n) is 9.16. The number of nitrogens with two attached hydrogens (primary N) is 1. The minimum absolute atomic E-state index is 0.629. The first-order valence-corrected chi connectivity index (χ1v) is 9.16. The van der Waals surface area contributed by atoms with Gasteiger partial charge in [0.05, 0.1) is 19.7 Å². The van der Waals surface area contributed by atoms with Crippen molar-refractivity contribution in [1.29, 1.82) is 0 Å². The van der Waals surface area contributed by atoms with Gasteiger partial charge in [0.25, 0.3) is 0 Å². The summed E-state index contributed by atoms with van der Waals surface area (Å²) in [5.41, 5.74) is 7.38. The number of hydrogen-bond donors (Lipinski definition) is 1. The summed E-state index contributed by atoms with van der Waals surface area (Å²) < 4.78 is 16.9. The maximum absolute atomic E-state index is 6.14. The van der Waals surface area contributed by atoms with Gasteiger partial charge in [0, 0.05) is 23.3 Å². The highest BCUT2D eigenvalue weighted by molar-refractivity contribution is 5.89. The summed E-state index contributed by atoms with van der Waals surface area (Å²) in [5, 5.41) is 2.98. The molecule has 2 N–H and O–H groups in total. The van der Waals surface area contributed by atoms with E-state index in [1.165, 1.54) is 0 Å². The quantitative estimate of drug-likeness (QED) is 0.456. The monoisotopic (exact) mass is 376 g/mol. The van der Waals surface area contributed by atoms with Gasteiger partial charge < -0.3 is 19.9 Å². The molecule has 0 unspecified atom stereocenters. The molecule has 5 nitrogen and oxygen atoms in total. The number of nitrogens with zero attached hydrogens (tertiary/aromatic N) is 1. The molecular weight excluding hydrogens is 352 g/mol. The molecule has 1 aromatic heterocycles. The maximum atomic E-state index is 6.14. The molecule has 0 fully saturated rings. The van der Waals surface area contributed by atoms with E-state index in [4.69, 9.17) is 19.9 Å². The number of hydrogen-bond acceptors (Lipinski definition) is 5. The number of methoxy groups -OCH3 is 2. The lowest BCUT2D eigenvalue weighted by atomic mass is 10.1. The molecule has 3 aromatic carbocycles. The Hall–Kier alpha value is -3.47. The Morgan fingerprint density at radius 3 is 2.21 bits per heavy atom. The van der Waals surface area contributed by atoms with Crippen LogP contribution in [0, 0.1) is 0 Å². The molecule has 0 aliphatic rings. The van der Waals surface area contributed by atoms with Gasteiger partial charge in [-0.2, -0.15) is 0 Å². The highest BCUT2D eigenvalue weighted by atomic mass is 16.5. The molecule has 0 aliphatic carbocycles. The molecule has 0 atom stereocenters. The van der Waals surface area contributed by atoms with Gasteiger partial charge in [0.15, 0.2) is 11.5 Å². The average Bonchev–Trinajstić information content (AvgIpc) is 2.74. The van der Waals surface area contributed by atoms with E-state index in [9.17, 15) is 0 Å².